The van der Waals surface area contributed by atoms with Crippen LogP contribution in [0.4, 0.5) is 5.00 Å². The Bertz CT molecular complexity index is 782. The van der Waals surface area contributed by atoms with Gasteiger partial charge in [-0.2, -0.15) is 0 Å². The summed E-state index contributed by atoms with van der Waals surface area (Å²) in [5.41, 5.74) is 0.746. The van der Waals surface area contributed by atoms with Gasteiger partial charge in [0.1, 0.15) is 9.88 Å². The van der Waals surface area contributed by atoms with Crippen molar-refractivity contribution in [2.75, 3.05) is 5.32 Å². The lowest BCUT2D eigenvalue weighted by Gasteiger charge is -2.20. The molecule has 2 fully saturated rings. The zero-order valence-electron chi connectivity index (χ0n) is 17.2. The summed E-state index contributed by atoms with van der Waals surface area (Å²) in [6, 6.07) is 0. The standard InChI is InChI=1S/C21H29NO5S/c1-10(2)26-20(24)16-12(5)17(21(25)27-11(3)4)28-19(16)22-18(23)15-9-13-6-7-14(15)8-13/h10-11,13-15H,6-9H2,1-5H3,(H,22,23)/t13-,14+,15-/m0/s1. The Balaban J connectivity index is 1.88. The first-order valence-corrected chi connectivity index (χ1v) is 10.8. The van der Waals surface area contributed by atoms with Gasteiger partial charge in [-0.25, -0.2) is 9.59 Å². The number of esters is 2. The smallest absolute Gasteiger partial charge is 0.348 e. The maximum atomic E-state index is 12.9. The van der Waals surface area contributed by atoms with Crippen LogP contribution in [-0.4, -0.2) is 30.1 Å². The van der Waals surface area contributed by atoms with Gasteiger partial charge in [-0.3, -0.25) is 4.79 Å². The predicted octanol–water partition coefficient (Wildman–Crippen LogP) is 4.56. The minimum absolute atomic E-state index is 0.0128. The lowest BCUT2D eigenvalue weighted by molar-refractivity contribution is -0.121. The fraction of sp³-hybridized carbons (Fsp3) is 0.667. The second kappa shape index (κ2) is 8.23. The highest BCUT2D eigenvalue weighted by molar-refractivity contribution is 7.18. The average Bonchev–Trinajstić information content (AvgIpc) is 3.27. The second-order valence-electron chi connectivity index (χ2n) is 8.44. The van der Waals surface area contributed by atoms with E-state index < -0.39 is 11.9 Å². The number of hydrogen-bond donors (Lipinski definition) is 1. The molecule has 1 heterocycles. The van der Waals surface area contributed by atoms with E-state index in [1.54, 1.807) is 34.6 Å². The maximum absolute atomic E-state index is 12.9. The maximum Gasteiger partial charge on any atom is 0.348 e. The molecule has 0 aromatic carbocycles. The Labute approximate surface area is 170 Å². The molecular weight excluding hydrogens is 378 g/mol. The van der Waals surface area contributed by atoms with Crippen LogP contribution in [0.5, 0.6) is 0 Å². The second-order valence-corrected chi connectivity index (χ2v) is 9.46. The predicted molar refractivity (Wildman–Crippen MR) is 108 cm³/mol. The molecule has 1 amide bonds. The molecule has 3 atom stereocenters. The average molecular weight is 408 g/mol. The topological polar surface area (TPSA) is 81.7 Å². The largest absolute Gasteiger partial charge is 0.459 e. The number of nitrogens with one attached hydrogen (secondary N) is 1. The third-order valence-corrected chi connectivity index (χ3v) is 6.72. The molecule has 2 bridgehead atoms. The van der Waals surface area contributed by atoms with Crippen LogP contribution < -0.4 is 5.32 Å². The zero-order chi connectivity index (χ0) is 20.6. The van der Waals surface area contributed by atoms with Crippen molar-refractivity contribution >= 4 is 34.2 Å². The minimum Gasteiger partial charge on any atom is -0.459 e. The van der Waals surface area contributed by atoms with Gasteiger partial charge in [0.05, 0.1) is 17.8 Å². The Morgan fingerprint density at radius 3 is 2.18 bits per heavy atom. The number of hydrogen-bond acceptors (Lipinski definition) is 6. The summed E-state index contributed by atoms with van der Waals surface area (Å²) in [6.45, 7) is 8.76. The lowest BCUT2D eigenvalue weighted by atomic mass is 9.88. The van der Waals surface area contributed by atoms with Crippen molar-refractivity contribution in [1.82, 2.24) is 0 Å². The number of thiophene rings is 1. The summed E-state index contributed by atoms with van der Waals surface area (Å²) in [5, 5.41) is 3.31. The Morgan fingerprint density at radius 1 is 1.00 bits per heavy atom. The van der Waals surface area contributed by atoms with Crippen molar-refractivity contribution < 1.29 is 23.9 Å². The van der Waals surface area contributed by atoms with Crippen LogP contribution in [0.15, 0.2) is 0 Å². The van der Waals surface area contributed by atoms with Crippen LogP contribution in [0, 0.1) is 24.7 Å². The van der Waals surface area contributed by atoms with Gasteiger partial charge in [0.15, 0.2) is 0 Å². The molecule has 0 radical (unpaired) electrons. The number of rotatable bonds is 6. The van der Waals surface area contributed by atoms with Gasteiger partial charge in [0, 0.05) is 5.92 Å². The number of fused-ring (bicyclic) bond motifs is 2. The van der Waals surface area contributed by atoms with Crippen LogP contribution in [0.1, 0.15) is 79.0 Å². The van der Waals surface area contributed by atoms with Crippen molar-refractivity contribution in [1.29, 1.82) is 0 Å². The minimum atomic E-state index is -0.532. The van der Waals surface area contributed by atoms with E-state index >= 15 is 0 Å². The Morgan fingerprint density at radius 2 is 1.64 bits per heavy atom. The molecule has 1 N–H and O–H groups in total. The molecule has 0 saturated heterocycles. The summed E-state index contributed by atoms with van der Waals surface area (Å²) < 4.78 is 10.7. The fourth-order valence-corrected chi connectivity index (χ4v) is 5.43. The van der Waals surface area contributed by atoms with Gasteiger partial charge >= 0.3 is 11.9 Å². The first-order valence-electron chi connectivity index (χ1n) is 10.0. The van der Waals surface area contributed by atoms with Crippen molar-refractivity contribution in [3.05, 3.63) is 16.0 Å². The Hall–Kier alpha value is -1.89. The van der Waals surface area contributed by atoms with Gasteiger partial charge in [-0.1, -0.05) is 6.42 Å². The first kappa shape index (κ1) is 20.8. The number of carbonyl (C=O) groups excluding carboxylic acids is 3. The van der Waals surface area contributed by atoms with Crippen LogP contribution in [0.2, 0.25) is 0 Å². The summed E-state index contributed by atoms with van der Waals surface area (Å²) >= 11 is 1.09. The van der Waals surface area contributed by atoms with E-state index in [9.17, 15) is 14.4 Å². The normalized spacial score (nSPS) is 23.3. The van der Waals surface area contributed by atoms with E-state index in [0.29, 0.717) is 27.3 Å². The molecule has 7 heteroatoms. The third kappa shape index (κ3) is 4.24. The molecule has 1 aromatic rings. The number of ether oxygens (including phenoxy) is 2. The number of amides is 1. The lowest BCUT2D eigenvalue weighted by Crippen LogP contribution is -2.27. The molecule has 1 aromatic heterocycles. The molecule has 2 saturated carbocycles. The quantitative estimate of drug-likeness (QED) is 0.699. The number of carbonyl (C=O) groups is 3. The summed E-state index contributed by atoms with van der Waals surface area (Å²) in [4.78, 5) is 38.3. The molecule has 154 valence electrons. The fourth-order valence-electron chi connectivity index (χ4n) is 4.35. The van der Waals surface area contributed by atoms with Gasteiger partial charge in [-0.05, 0) is 71.3 Å². The highest BCUT2D eigenvalue weighted by Crippen LogP contribution is 2.49. The van der Waals surface area contributed by atoms with Crippen LogP contribution in [-0.2, 0) is 14.3 Å². The third-order valence-electron chi connectivity index (χ3n) is 5.53. The van der Waals surface area contributed by atoms with Gasteiger partial charge in [-0.15, -0.1) is 11.3 Å². The van der Waals surface area contributed by atoms with Crippen LogP contribution >= 0.6 is 11.3 Å². The van der Waals surface area contributed by atoms with E-state index in [0.717, 1.165) is 30.6 Å². The Kier molecular flexibility index (Phi) is 6.12. The first-order chi connectivity index (χ1) is 13.2. The molecule has 0 spiro atoms. The SMILES string of the molecule is Cc1c(C(=O)OC(C)C)sc(NC(=O)[C@H]2C[C@H]3CC[C@@H]2C3)c1C(=O)OC(C)C. The van der Waals surface area contributed by atoms with Gasteiger partial charge in [0.25, 0.3) is 0 Å². The monoisotopic (exact) mass is 407 g/mol. The summed E-state index contributed by atoms with van der Waals surface area (Å²) in [6.07, 6.45) is 3.77. The van der Waals surface area contributed by atoms with E-state index in [2.05, 4.69) is 5.32 Å². The van der Waals surface area contributed by atoms with E-state index in [-0.39, 0.29) is 29.6 Å². The molecule has 6 nitrogen and oxygen atoms in total. The van der Waals surface area contributed by atoms with Crippen molar-refractivity contribution in [2.24, 2.45) is 17.8 Å². The molecule has 0 unspecified atom stereocenters. The summed E-state index contributed by atoms with van der Waals surface area (Å²) in [5.74, 6) is -0.0144. The number of anilines is 1. The van der Waals surface area contributed by atoms with E-state index in [1.165, 1.54) is 6.42 Å². The van der Waals surface area contributed by atoms with Crippen LogP contribution in [0.25, 0.3) is 0 Å². The molecule has 2 aliphatic carbocycles. The van der Waals surface area contributed by atoms with Crippen molar-refractivity contribution in [3.8, 4) is 0 Å². The van der Waals surface area contributed by atoms with Crippen LogP contribution in [0.3, 0.4) is 0 Å². The zero-order valence-corrected chi connectivity index (χ0v) is 18.0. The molecular formula is C21H29NO5S. The van der Waals surface area contributed by atoms with Gasteiger partial charge in [0.2, 0.25) is 5.91 Å². The van der Waals surface area contributed by atoms with Crippen molar-refractivity contribution in [3.63, 3.8) is 0 Å². The van der Waals surface area contributed by atoms with E-state index in [4.69, 9.17) is 9.47 Å². The molecule has 2 aliphatic rings. The molecule has 0 aliphatic heterocycles. The van der Waals surface area contributed by atoms with E-state index in [1.807, 2.05) is 0 Å². The molecule has 3 rings (SSSR count). The van der Waals surface area contributed by atoms with Crippen molar-refractivity contribution in [2.45, 2.75) is 72.5 Å². The summed E-state index contributed by atoms with van der Waals surface area (Å²) in [7, 11) is 0. The highest BCUT2D eigenvalue weighted by Gasteiger charge is 2.43. The molecule has 28 heavy (non-hydrogen) atoms. The van der Waals surface area contributed by atoms with Gasteiger partial charge < -0.3 is 14.8 Å². The highest BCUT2D eigenvalue weighted by atomic mass is 32.1.